The summed E-state index contributed by atoms with van der Waals surface area (Å²) in [5.41, 5.74) is 0. The van der Waals surface area contributed by atoms with Crippen LogP contribution in [0.4, 0.5) is 5.82 Å². The molecule has 0 aromatic carbocycles. The lowest BCUT2D eigenvalue weighted by molar-refractivity contribution is -0.116. The Morgan fingerprint density at radius 1 is 1.53 bits per heavy atom. The first-order chi connectivity index (χ1) is 7.31. The minimum absolute atomic E-state index is 0.00343. The highest BCUT2D eigenvalue weighted by molar-refractivity contribution is 7.16. The van der Waals surface area contributed by atoms with Crippen LogP contribution in [0.5, 0.6) is 0 Å². The Kier molecular flexibility index (Phi) is 2.91. The highest BCUT2D eigenvalue weighted by atomic mass is 32.1. The molecule has 1 amide bonds. The zero-order valence-corrected chi connectivity index (χ0v) is 9.17. The summed E-state index contributed by atoms with van der Waals surface area (Å²) < 4.78 is 0. The molecule has 0 spiro atoms. The molecule has 4 nitrogen and oxygen atoms in total. The number of amides is 1. The van der Waals surface area contributed by atoms with E-state index < -0.39 is 0 Å². The van der Waals surface area contributed by atoms with E-state index in [1.807, 2.05) is 18.4 Å². The van der Waals surface area contributed by atoms with Gasteiger partial charge in [0.05, 0.1) is 5.39 Å². The third kappa shape index (κ3) is 2.12. The van der Waals surface area contributed by atoms with Crippen LogP contribution < -0.4 is 5.32 Å². The number of nitrogens with one attached hydrogen (secondary N) is 1. The van der Waals surface area contributed by atoms with Crippen LogP contribution in [0.2, 0.25) is 0 Å². The van der Waals surface area contributed by atoms with Crippen molar-refractivity contribution < 1.29 is 4.79 Å². The number of aromatic nitrogens is 2. The van der Waals surface area contributed by atoms with Gasteiger partial charge in [-0.1, -0.05) is 6.92 Å². The SMILES string of the molecule is CCCC(=O)Nc1ncnc2sccc12. The van der Waals surface area contributed by atoms with E-state index in [4.69, 9.17) is 0 Å². The Hall–Kier alpha value is -1.49. The molecule has 0 unspecified atom stereocenters. The van der Waals surface area contributed by atoms with E-state index in [9.17, 15) is 4.79 Å². The lowest BCUT2D eigenvalue weighted by atomic mass is 10.3. The van der Waals surface area contributed by atoms with E-state index in [0.29, 0.717) is 12.2 Å². The molecule has 0 saturated heterocycles. The number of nitrogens with zero attached hydrogens (tertiary/aromatic N) is 2. The topological polar surface area (TPSA) is 54.9 Å². The molecule has 2 aromatic rings. The van der Waals surface area contributed by atoms with Gasteiger partial charge in [-0.15, -0.1) is 11.3 Å². The van der Waals surface area contributed by atoms with Crippen molar-refractivity contribution in [3.8, 4) is 0 Å². The second-order valence-electron chi connectivity index (χ2n) is 3.16. The summed E-state index contributed by atoms with van der Waals surface area (Å²) in [6, 6.07) is 1.92. The van der Waals surface area contributed by atoms with Crippen LogP contribution in [0.15, 0.2) is 17.8 Å². The summed E-state index contributed by atoms with van der Waals surface area (Å²) in [6.07, 6.45) is 2.83. The standard InChI is InChI=1S/C10H11N3OS/c1-2-3-8(14)13-9-7-4-5-15-10(7)12-6-11-9/h4-6H,2-3H2,1H3,(H,11,12,13,14). The second-order valence-corrected chi connectivity index (χ2v) is 4.05. The van der Waals surface area contributed by atoms with Crippen molar-refractivity contribution in [2.45, 2.75) is 19.8 Å². The molecule has 78 valence electrons. The van der Waals surface area contributed by atoms with Gasteiger partial charge in [-0.3, -0.25) is 4.79 Å². The van der Waals surface area contributed by atoms with Crippen molar-refractivity contribution in [1.82, 2.24) is 9.97 Å². The molecule has 2 heterocycles. The van der Waals surface area contributed by atoms with Crippen LogP contribution in [0.3, 0.4) is 0 Å². The monoisotopic (exact) mass is 221 g/mol. The predicted octanol–water partition coefficient (Wildman–Crippen LogP) is 2.43. The average molecular weight is 221 g/mol. The van der Waals surface area contributed by atoms with Crippen LogP contribution in [0.1, 0.15) is 19.8 Å². The van der Waals surface area contributed by atoms with E-state index in [1.165, 1.54) is 17.7 Å². The lowest BCUT2D eigenvalue weighted by Gasteiger charge is -2.03. The van der Waals surface area contributed by atoms with Gasteiger partial charge in [-0.05, 0) is 17.9 Å². The molecule has 5 heteroatoms. The first-order valence-electron chi connectivity index (χ1n) is 4.79. The Labute approximate surface area is 91.4 Å². The van der Waals surface area contributed by atoms with E-state index >= 15 is 0 Å². The van der Waals surface area contributed by atoms with Crippen molar-refractivity contribution in [3.63, 3.8) is 0 Å². The minimum atomic E-state index is 0.00343. The fourth-order valence-electron chi connectivity index (χ4n) is 1.31. The van der Waals surface area contributed by atoms with Gasteiger partial charge in [0.25, 0.3) is 0 Å². The minimum Gasteiger partial charge on any atom is -0.310 e. The molecule has 0 aliphatic heterocycles. The molecule has 1 N–H and O–H groups in total. The highest BCUT2D eigenvalue weighted by Gasteiger charge is 2.07. The van der Waals surface area contributed by atoms with Crippen molar-refractivity contribution in [2.75, 3.05) is 5.32 Å². The zero-order chi connectivity index (χ0) is 10.7. The van der Waals surface area contributed by atoms with E-state index in [2.05, 4.69) is 15.3 Å². The van der Waals surface area contributed by atoms with E-state index in [1.54, 1.807) is 0 Å². The number of carbonyl (C=O) groups excluding carboxylic acids is 1. The molecule has 0 aliphatic carbocycles. The number of thiophene rings is 1. The molecule has 0 fully saturated rings. The van der Waals surface area contributed by atoms with Crippen molar-refractivity contribution in [3.05, 3.63) is 17.8 Å². The summed E-state index contributed by atoms with van der Waals surface area (Å²) >= 11 is 1.54. The highest BCUT2D eigenvalue weighted by Crippen LogP contribution is 2.23. The Bertz CT molecular complexity index is 480. The number of rotatable bonds is 3. The third-order valence-electron chi connectivity index (χ3n) is 2.00. The zero-order valence-electron chi connectivity index (χ0n) is 8.36. The summed E-state index contributed by atoms with van der Waals surface area (Å²) in [7, 11) is 0. The normalized spacial score (nSPS) is 10.5. The molecule has 15 heavy (non-hydrogen) atoms. The third-order valence-corrected chi connectivity index (χ3v) is 2.82. The summed E-state index contributed by atoms with van der Waals surface area (Å²) in [6.45, 7) is 1.97. The van der Waals surface area contributed by atoms with E-state index in [-0.39, 0.29) is 5.91 Å². The first kappa shape index (κ1) is 10.0. The molecule has 0 atom stereocenters. The summed E-state index contributed by atoms with van der Waals surface area (Å²) in [4.78, 5) is 20.5. The second kappa shape index (κ2) is 4.35. The fraction of sp³-hybridized carbons (Fsp3) is 0.300. The van der Waals surface area contributed by atoms with Crippen LogP contribution in [-0.2, 0) is 4.79 Å². The molecular weight excluding hydrogens is 210 g/mol. The molecule has 0 bridgehead atoms. The number of hydrogen-bond acceptors (Lipinski definition) is 4. The smallest absolute Gasteiger partial charge is 0.225 e. The molecule has 0 saturated carbocycles. The largest absolute Gasteiger partial charge is 0.310 e. The average Bonchev–Trinajstić information content (AvgIpc) is 2.67. The number of carbonyl (C=O) groups is 1. The fourth-order valence-corrected chi connectivity index (χ4v) is 2.04. The van der Waals surface area contributed by atoms with Crippen molar-refractivity contribution in [1.29, 1.82) is 0 Å². The van der Waals surface area contributed by atoms with Crippen LogP contribution in [0, 0.1) is 0 Å². The lowest BCUT2D eigenvalue weighted by Crippen LogP contribution is -2.11. The first-order valence-corrected chi connectivity index (χ1v) is 5.67. The number of hydrogen-bond donors (Lipinski definition) is 1. The van der Waals surface area contributed by atoms with Gasteiger partial charge in [0.2, 0.25) is 5.91 Å². The Morgan fingerprint density at radius 3 is 3.20 bits per heavy atom. The molecule has 2 rings (SSSR count). The Morgan fingerprint density at radius 2 is 2.40 bits per heavy atom. The van der Waals surface area contributed by atoms with Gasteiger partial charge in [0, 0.05) is 6.42 Å². The molecule has 2 aromatic heterocycles. The van der Waals surface area contributed by atoms with Gasteiger partial charge >= 0.3 is 0 Å². The van der Waals surface area contributed by atoms with Crippen molar-refractivity contribution >= 4 is 33.3 Å². The molecular formula is C10H11N3OS. The maximum absolute atomic E-state index is 11.4. The van der Waals surface area contributed by atoms with Crippen LogP contribution in [-0.4, -0.2) is 15.9 Å². The summed E-state index contributed by atoms with van der Waals surface area (Å²) in [5.74, 6) is 0.614. The van der Waals surface area contributed by atoms with Gasteiger partial charge in [-0.2, -0.15) is 0 Å². The van der Waals surface area contributed by atoms with Gasteiger partial charge in [0.1, 0.15) is 17.0 Å². The molecule has 0 aliphatic rings. The molecule has 0 radical (unpaired) electrons. The summed E-state index contributed by atoms with van der Waals surface area (Å²) in [5, 5.41) is 5.64. The Balaban J connectivity index is 2.27. The number of anilines is 1. The van der Waals surface area contributed by atoms with E-state index in [0.717, 1.165) is 16.6 Å². The van der Waals surface area contributed by atoms with Gasteiger partial charge in [0.15, 0.2) is 0 Å². The van der Waals surface area contributed by atoms with Gasteiger partial charge < -0.3 is 5.32 Å². The number of fused-ring (bicyclic) bond motifs is 1. The van der Waals surface area contributed by atoms with Crippen LogP contribution in [0.25, 0.3) is 10.2 Å². The quantitative estimate of drug-likeness (QED) is 0.866. The van der Waals surface area contributed by atoms with Gasteiger partial charge in [-0.25, -0.2) is 9.97 Å². The van der Waals surface area contributed by atoms with Crippen molar-refractivity contribution in [2.24, 2.45) is 0 Å². The maximum Gasteiger partial charge on any atom is 0.225 e. The van der Waals surface area contributed by atoms with Crippen LogP contribution >= 0.6 is 11.3 Å². The maximum atomic E-state index is 11.4. The predicted molar refractivity (Wildman–Crippen MR) is 61.0 cm³/mol.